The fourth-order valence-corrected chi connectivity index (χ4v) is 2.42. The van der Waals surface area contributed by atoms with E-state index in [-0.39, 0.29) is 24.9 Å². The highest BCUT2D eigenvalue weighted by Crippen LogP contribution is 2.14. The average Bonchev–Trinajstić information content (AvgIpc) is 2.73. The number of hydrogen-bond acceptors (Lipinski definition) is 4. The van der Waals surface area contributed by atoms with Crippen molar-refractivity contribution in [3.8, 4) is 23.3 Å². The van der Waals surface area contributed by atoms with E-state index < -0.39 is 12.2 Å². The predicted molar refractivity (Wildman–Crippen MR) is 116 cm³/mol. The van der Waals surface area contributed by atoms with Crippen LogP contribution in [0, 0.1) is 25.7 Å². The second kappa shape index (κ2) is 11.5. The van der Waals surface area contributed by atoms with Crippen molar-refractivity contribution in [2.45, 2.75) is 39.9 Å². The van der Waals surface area contributed by atoms with Gasteiger partial charge in [0.2, 0.25) is 0 Å². The molecule has 0 heterocycles. The lowest BCUT2D eigenvalue weighted by molar-refractivity contribution is -0.127. The van der Waals surface area contributed by atoms with E-state index in [1.54, 1.807) is 13.8 Å². The van der Waals surface area contributed by atoms with E-state index in [0.717, 1.165) is 11.1 Å². The van der Waals surface area contributed by atoms with Crippen molar-refractivity contribution in [2.24, 2.45) is 0 Å². The van der Waals surface area contributed by atoms with Crippen molar-refractivity contribution in [3.63, 3.8) is 0 Å². The van der Waals surface area contributed by atoms with E-state index in [1.165, 1.54) is 0 Å². The summed E-state index contributed by atoms with van der Waals surface area (Å²) in [6.45, 7) is 7.67. The maximum absolute atomic E-state index is 12.0. The predicted octanol–water partition coefficient (Wildman–Crippen LogP) is 2.77. The van der Waals surface area contributed by atoms with Crippen LogP contribution < -0.4 is 20.1 Å². The first-order valence-electron chi connectivity index (χ1n) is 9.83. The number of ether oxygens (including phenoxy) is 2. The summed E-state index contributed by atoms with van der Waals surface area (Å²) in [6, 6.07) is 15.0. The van der Waals surface area contributed by atoms with Crippen LogP contribution in [0.25, 0.3) is 0 Å². The maximum atomic E-state index is 12.0. The first-order chi connectivity index (χ1) is 14.3. The van der Waals surface area contributed by atoms with Gasteiger partial charge in [0.25, 0.3) is 11.8 Å². The minimum absolute atomic E-state index is 0.172. The molecule has 0 saturated heterocycles. The van der Waals surface area contributed by atoms with Crippen molar-refractivity contribution in [1.82, 2.24) is 10.6 Å². The standard InChI is InChI=1S/C24H28N2O4/c1-17-7-11-21(12-8-17)29-19(3)23(27)25-15-5-6-16-26-24(28)20(4)30-22-13-9-18(2)10-14-22/h7-14,19-20H,15-16H2,1-4H3,(H,25,27)(H,26,28). The highest BCUT2D eigenvalue weighted by molar-refractivity contribution is 5.81. The molecule has 0 saturated carbocycles. The largest absolute Gasteiger partial charge is 0.481 e. The Labute approximate surface area is 178 Å². The van der Waals surface area contributed by atoms with Gasteiger partial charge in [-0.25, -0.2) is 0 Å². The molecule has 2 N–H and O–H groups in total. The fraction of sp³-hybridized carbons (Fsp3) is 0.333. The van der Waals surface area contributed by atoms with E-state index in [9.17, 15) is 9.59 Å². The molecule has 0 aliphatic heterocycles. The van der Waals surface area contributed by atoms with Crippen LogP contribution >= 0.6 is 0 Å². The molecule has 0 aromatic heterocycles. The van der Waals surface area contributed by atoms with Crippen molar-refractivity contribution in [1.29, 1.82) is 0 Å². The number of nitrogens with one attached hydrogen (secondary N) is 2. The number of rotatable bonds is 8. The average molecular weight is 408 g/mol. The molecular weight excluding hydrogens is 380 g/mol. The lowest BCUT2D eigenvalue weighted by Crippen LogP contribution is -2.37. The van der Waals surface area contributed by atoms with Crippen LogP contribution in [0.5, 0.6) is 11.5 Å². The molecule has 2 atom stereocenters. The molecule has 158 valence electrons. The molecule has 0 fully saturated rings. The van der Waals surface area contributed by atoms with Crippen molar-refractivity contribution < 1.29 is 19.1 Å². The topological polar surface area (TPSA) is 76.7 Å². The third-order valence-corrected chi connectivity index (χ3v) is 4.23. The molecule has 0 radical (unpaired) electrons. The molecule has 2 amide bonds. The highest BCUT2D eigenvalue weighted by Gasteiger charge is 2.14. The highest BCUT2D eigenvalue weighted by atomic mass is 16.5. The van der Waals surface area contributed by atoms with Gasteiger partial charge in [-0.05, 0) is 52.0 Å². The SMILES string of the molecule is Cc1ccc(OC(C)C(=O)NCC#CCNC(=O)C(C)Oc2ccc(C)cc2)cc1. The third-order valence-electron chi connectivity index (χ3n) is 4.23. The third kappa shape index (κ3) is 7.88. The van der Waals surface area contributed by atoms with Crippen LogP contribution in [-0.2, 0) is 9.59 Å². The van der Waals surface area contributed by atoms with Gasteiger partial charge < -0.3 is 20.1 Å². The smallest absolute Gasteiger partial charge is 0.261 e. The van der Waals surface area contributed by atoms with Crippen LogP contribution in [0.3, 0.4) is 0 Å². The quantitative estimate of drug-likeness (QED) is 0.659. The summed E-state index contributed by atoms with van der Waals surface area (Å²) in [4.78, 5) is 24.1. The Bertz CT molecular complexity index is 822. The van der Waals surface area contributed by atoms with Gasteiger partial charge in [0.05, 0.1) is 13.1 Å². The second-order valence-corrected chi connectivity index (χ2v) is 6.94. The van der Waals surface area contributed by atoms with Gasteiger partial charge in [0.15, 0.2) is 12.2 Å². The first-order valence-corrected chi connectivity index (χ1v) is 9.83. The summed E-state index contributed by atoms with van der Waals surface area (Å²) in [6.07, 6.45) is -1.26. The number of carbonyl (C=O) groups excluding carboxylic acids is 2. The monoisotopic (exact) mass is 408 g/mol. The minimum Gasteiger partial charge on any atom is -0.481 e. The Balaban J connectivity index is 1.65. The molecule has 0 aliphatic rings. The molecule has 0 spiro atoms. The number of carbonyl (C=O) groups is 2. The zero-order valence-electron chi connectivity index (χ0n) is 17.8. The van der Waals surface area contributed by atoms with Crippen LogP contribution in [0.4, 0.5) is 0 Å². The van der Waals surface area contributed by atoms with Gasteiger partial charge in [0, 0.05) is 0 Å². The second-order valence-electron chi connectivity index (χ2n) is 6.94. The van der Waals surface area contributed by atoms with Crippen molar-refractivity contribution in [2.75, 3.05) is 13.1 Å². The Morgan fingerprint density at radius 3 is 1.40 bits per heavy atom. The van der Waals surface area contributed by atoms with Crippen LogP contribution in [-0.4, -0.2) is 37.1 Å². The van der Waals surface area contributed by atoms with Crippen LogP contribution in [0.2, 0.25) is 0 Å². The molecular formula is C24H28N2O4. The van der Waals surface area contributed by atoms with Gasteiger partial charge in [-0.1, -0.05) is 47.2 Å². The summed E-state index contributed by atoms with van der Waals surface area (Å²) in [5.41, 5.74) is 2.25. The Morgan fingerprint density at radius 2 is 1.07 bits per heavy atom. The van der Waals surface area contributed by atoms with Crippen molar-refractivity contribution in [3.05, 3.63) is 59.7 Å². The maximum Gasteiger partial charge on any atom is 0.261 e. The summed E-state index contributed by atoms with van der Waals surface area (Å²) < 4.78 is 11.2. The summed E-state index contributed by atoms with van der Waals surface area (Å²) in [5.74, 6) is 6.36. The number of benzene rings is 2. The molecule has 30 heavy (non-hydrogen) atoms. The van der Waals surface area contributed by atoms with Gasteiger partial charge >= 0.3 is 0 Å². The lowest BCUT2D eigenvalue weighted by atomic mass is 10.2. The normalized spacial score (nSPS) is 12.0. The molecule has 6 heteroatoms. The number of hydrogen-bond donors (Lipinski definition) is 2. The van der Waals surface area contributed by atoms with Gasteiger partial charge in [-0.3, -0.25) is 9.59 Å². The fourth-order valence-electron chi connectivity index (χ4n) is 2.42. The first kappa shape index (κ1) is 22.8. The molecule has 0 bridgehead atoms. The van der Waals surface area contributed by atoms with E-state index >= 15 is 0 Å². The van der Waals surface area contributed by atoms with Gasteiger partial charge in [-0.2, -0.15) is 0 Å². The zero-order valence-corrected chi connectivity index (χ0v) is 17.8. The number of amides is 2. The molecule has 6 nitrogen and oxygen atoms in total. The molecule has 2 aromatic rings. The number of aryl methyl sites for hydroxylation is 2. The van der Waals surface area contributed by atoms with Crippen molar-refractivity contribution >= 4 is 11.8 Å². The minimum atomic E-state index is -0.631. The van der Waals surface area contributed by atoms with Crippen LogP contribution in [0.15, 0.2) is 48.5 Å². The molecule has 2 rings (SSSR count). The lowest BCUT2D eigenvalue weighted by Gasteiger charge is -2.14. The molecule has 2 aromatic carbocycles. The molecule has 2 unspecified atom stereocenters. The van der Waals surface area contributed by atoms with E-state index in [0.29, 0.717) is 11.5 Å². The molecule has 0 aliphatic carbocycles. The Kier molecular flexibility index (Phi) is 8.76. The van der Waals surface area contributed by atoms with Crippen LogP contribution in [0.1, 0.15) is 25.0 Å². The summed E-state index contributed by atoms with van der Waals surface area (Å²) in [7, 11) is 0. The van der Waals surface area contributed by atoms with Gasteiger partial charge in [0.1, 0.15) is 11.5 Å². The Morgan fingerprint density at radius 1 is 0.733 bits per heavy atom. The zero-order chi connectivity index (χ0) is 21.9. The Hall–Kier alpha value is -3.46. The summed E-state index contributed by atoms with van der Waals surface area (Å²) in [5, 5.41) is 5.37. The van der Waals surface area contributed by atoms with Gasteiger partial charge in [-0.15, -0.1) is 0 Å². The van der Waals surface area contributed by atoms with E-state index in [2.05, 4.69) is 22.5 Å². The summed E-state index contributed by atoms with van der Waals surface area (Å²) >= 11 is 0. The van der Waals surface area contributed by atoms with E-state index in [1.807, 2.05) is 62.4 Å². The van der Waals surface area contributed by atoms with E-state index in [4.69, 9.17) is 9.47 Å².